The minimum absolute atomic E-state index is 0.122. The highest BCUT2D eigenvalue weighted by Crippen LogP contribution is 2.34. The zero-order valence-corrected chi connectivity index (χ0v) is 18.5. The van der Waals surface area contributed by atoms with E-state index in [2.05, 4.69) is 14.7 Å². The van der Waals surface area contributed by atoms with Crippen LogP contribution < -0.4 is 11.5 Å². The molecule has 1 amide bonds. The molecule has 9 nitrogen and oxygen atoms in total. The molecule has 3 N–H and O–H groups in total. The third kappa shape index (κ3) is 4.34. The Hall–Kier alpha value is -2.95. The fraction of sp³-hybridized carbons (Fsp3) is 0.286. The van der Waals surface area contributed by atoms with Gasteiger partial charge in [-0.2, -0.15) is 4.31 Å². The van der Waals surface area contributed by atoms with Crippen LogP contribution in [0.15, 0.2) is 56.7 Å². The number of carbonyl (C=O) groups excluding carboxylic acids is 1. The van der Waals surface area contributed by atoms with Gasteiger partial charge in [-0.3, -0.25) is 14.3 Å². The molecule has 1 fully saturated rings. The molecule has 0 spiro atoms. The van der Waals surface area contributed by atoms with Crippen LogP contribution in [-0.2, 0) is 14.8 Å². The van der Waals surface area contributed by atoms with Crippen LogP contribution in [0.4, 0.5) is 0 Å². The number of sulfonamides is 1. The smallest absolute Gasteiger partial charge is 0.369 e. The van der Waals surface area contributed by atoms with E-state index in [0.29, 0.717) is 34.8 Å². The first-order chi connectivity index (χ1) is 15.3. The minimum Gasteiger partial charge on any atom is -0.369 e. The van der Waals surface area contributed by atoms with E-state index in [0.717, 1.165) is 19.3 Å². The number of rotatable bonds is 6. The van der Waals surface area contributed by atoms with Crippen molar-refractivity contribution in [1.82, 2.24) is 14.4 Å². The number of H-pyrrole nitrogens is 1. The molecule has 2 aromatic carbocycles. The van der Waals surface area contributed by atoms with E-state index < -0.39 is 27.6 Å². The molecule has 1 aromatic heterocycles. The normalized spacial score (nSPS) is 16.0. The lowest BCUT2D eigenvalue weighted by atomic mass is 9.87. The molecule has 1 atom stereocenters. The van der Waals surface area contributed by atoms with Crippen molar-refractivity contribution in [3.63, 3.8) is 0 Å². The Bertz CT molecular complexity index is 1290. The average molecular weight is 477 g/mol. The summed E-state index contributed by atoms with van der Waals surface area (Å²) in [5, 5.41) is 4.04. The maximum Gasteiger partial charge on any atom is 0.439 e. The molecule has 168 valence electrons. The second-order valence-electron chi connectivity index (χ2n) is 7.54. The molecule has 0 saturated carbocycles. The van der Waals surface area contributed by atoms with Gasteiger partial charge in [0.15, 0.2) is 5.82 Å². The van der Waals surface area contributed by atoms with Crippen molar-refractivity contribution in [2.24, 2.45) is 5.73 Å². The van der Waals surface area contributed by atoms with Crippen molar-refractivity contribution in [2.75, 3.05) is 13.1 Å². The van der Waals surface area contributed by atoms with Gasteiger partial charge in [0, 0.05) is 23.7 Å². The van der Waals surface area contributed by atoms with Crippen molar-refractivity contribution in [1.29, 1.82) is 0 Å². The van der Waals surface area contributed by atoms with Gasteiger partial charge in [0.1, 0.15) is 0 Å². The van der Waals surface area contributed by atoms with Crippen molar-refractivity contribution < 1.29 is 17.7 Å². The predicted octanol–water partition coefficient (Wildman–Crippen LogP) is 2.48. The highest BCUT2D eigenvalue weighted by molar-refractivity contribution is 7.89. The van der Waals surface area contributed by atoms with Crippen molar-refractivity contribution in [3.05, 3.63) is 69.2 Å². The number of hydrogen-bond acceptors (Lipinski definition) is 6. The average Bonchev–Trinajstić information content (AvgIpc) is 3.21. The molecule has 4 rings (SSSR count). The number of nitrogens with zero attached hydrogens (tertiary/aromatic N) is 2. The Balaban J connectivity index is 1.74. The first-order valence-electron chi connectivity index (χ1n) is 10.0. The summed E-state index contributed by atoms with van der Waals surface area (Å²) in [4.78, 5) is 26.5. The molecule has 3 aromatic rings. The maximum atomic E-state index is 12.9. The molecule has 11 heteroatoms. The van der Waals surface area contributed by atoms with Gasteiger partial charge in [-0.05, 0) is 54.3 Å². The standard InChI is InChI=1S/C21H21ClN4O5S/c22-14-6-9-16(20-24-21(28)31-25-20)17(12-14)18(19(23)27)13-4-7-15(8-5-13)32(29,30)26-10-2-1-3-11-26/h4-9,12,18H,1-3,10-11H2,(H2,23,27)(H,24,25,28). The van der Waals surface area contributed by atoms with Gasteiger partial charge < -0.3 is 5.73 Å². The first-order valence-corrected chi connectivity index (χ1v) is 11.8. The third-order valence-corrected chi connectivity index (χ3v) is 7.62. The predicted molar refractivity (Wildman–Crippen MR) is 118 cm³/mol. The van der Waals surface area contributed by atoms with E-state index in [1.807, 2.05) is 0 Å². The molecule has 1 saturated heterocycles. The van der Waals surface area contributed by atoms with E-state index in [9.17, 15) is 18.0 Å². The van der Waals surface area contributed by atoms with Gasteiger partial charge in [-0.15, -0.1) is 0 Å². The molecule has 0 radical (unpaired) electrons. The Labute approximate surface area is 189 Å². The summed E-state index contributed by atoms with van der Waals surface area (Å²) in [7, 11) is -3.61. The number of nitrogens with one attached hydrogen (secondary N) is 1. The van der Waals surface area contributed by atoms with E-state index in [1.54, 1.807) is 30.3 Å². The second-order valence-corrected chi connectivity index (χ2v) is 9.92. The number of aromatic amines is 1. The van der Waals surface area contributed by atoms with Crippen molar-refractivity contribution in [3.8, 4) is 11.4 Å². The summed E-state index contributed by atoms with van der Waals surface area (Å²) in [5.74, 6) is -2.26. The lowest BCUT2D eigenvalue weighted by Crippen LogP contribution is -2.35. The van der Waals surface area contributed by atoms with Gasteiger partial charge >= 0.3 is 5.76 Å². The molecule has 1 aliphatic rings. The lowest BCUT2D eigenvalue weighted by Gasteiger charge is -2.26. The van der Waals surface area contributed by atoms with Crippen LogP contribution in [0.1, 0.15) is 36.3 Å². The number of carbonyl (C=O) groups is 1. The fourth-order valence-electron chi connectivity index (χ4n) is 3.92. The van der Waals surface area contributed by atoms with Crippen LogP contribution in [0.25, 0.3) is 11.4 Å². The largest absolute Gasteiger partial charge is 0.439 e. The van der Waals surface area contributed by atoms with Crippen LogP contribution >= 0.6 is 11.6 Å². The number of piperidine rings is 1. The Morgan fingerprint density at radius 1 is 1.12 bits per heavy atom. The highest BCUT2D eigenvalue weighted by Gasteiger charge is 2.28. The quantitative estimate of drug-likeness (QED) is 0.560. The van der Waals surface area contributed by atoms with Gasteiger partial charge in [0.2, 0.25) is 15.9 Å². The topological polar surface area (TPSA) is 139 Å². The summed E-state index contributed by atoms with van der Waals surface area (Å²) in [6.07, 6.45) is 2.69. The number of amides is 1. The lowest BCUT2D eigenvalue weighted by molar-refractivity contribution is -0.118. The van der Waals surface area contributed by atoms with Crippen molar-refractivity contribution in [2.45, 2.75) is 30.1 Å². The molecule has 32 heavy (non-hydrogen) atoms. The zero-order chi connectivity index (χ0) is 22.9. The van der Waals surface area contributed by atoms with Gasteiger partial charge in [0.05, 0.1) is 10.8 Å². The van der Waals surface area contributed by atoms with Crippen LogP contribution in [0.2, 0.25) is 5.02 Å². The molecule has 1 unspecified atom stereocenters. The van der Waals surface area contributed by atoms with Crippen LogP contribution in [0.3, 0.4) is 0 Å². The van der Waals surface area contributed by atoms with E-state index in [4.69, 9.17) is 17.3 Å². The van der Waals surface area contributed by atoms with E-state index in [-0.39, 0.29) is 10.7 Å². The number of benzene rings is 2. The summed E-state index contributed by atoms with van der Waals surface area (Å²) >= 11 is 6.16. The number of hydrogen-bond donors (Lipinski definition) is 2. The van der Waals surface area contributed by atoms with E-state index in [1.165, 1.54) is 16.4 Å². The van der Waals surface area contributed by atoms with Crippen LogP contribution in [0, 0.1) is 0 Å². The number of aromatic nitrogens is 2. The summed E-state index contributed by atoms with van der Waals surface area (Å²) in [6.45, 7) is 0.992. The molecule has 2 heterocycles. The van der Waals surface area contributed by atoms with Gasteiger partial charge in [0.25, 0.3) is 0 Å². The third-order valence-electron chi connectivity index (χ3n) is 5.47. The van der Waals surface area contributed by atoms with Crippen LogP contribution in [0.5, 0.6) is 0 Å². The summed E-state index contributed by atoms with van der Waals surface area (Å²) in [5.41, 5.74) is 7.01. The molecular formula is C21H21ClN4O5S. The number of primary amides is 1. The minimum atomic E-state index is -3.61. The first kappa shape index (κ1) is 22.3. The molecule has 1 aliphatic heterocycles. The maximum absolute atomic E-state index is 12.9. The fourth-order valence-corrected chi connectivity index (χ4v) is 5.62. The Kier molecular flexibility index (Phi) is 6.18. The summed E-state index contributed by atoms with van der Waals surface area (Å²) < 4.78 is 31.9. The monoisotopic (exact) mass is 476 g/mol. The SMILES string of the molecule is NC(=O)C(c1ccc(S(=O)(=O)N2CCCCC2)cc1)c1cc(Cl)ccc1-c1noc(=O)[nH]1. The molecular weight excluding hydrogens is 456 g/mol. The van der Waals surface area contributed by atoms with E-state index >= 15 is 0 Å². The zero-order valence-electron chi connectivity index (χ0n) is 17.0. The molecule has 0 bridgehead atoms. The van der Waals surface area contributed by atoms with Crippen LogP contribution in [-0.4, -0.2) is 41.9 Å². The highest BCUT2D eigenvalue weighted by atomic mass is 35.5. The molecule has 0 aliphatic carbocycles. The summed E-state index contributed by atoms with van der Waals surface area (Å²) in [6, 6.07) is 10.8. The van der Waals surface area contributed by atoms with Crippen molar-refractivity contribution >= 4 is 27.5 Å². The van der Waals surface area contributed by atoms with Gasteiger partial charge in [-0.25, -0.2) is 13.2 Å². The Morgan fingerprint density at radius 2 is 1.81 bits per heavy atom. The number of halogens is 1. The second kappa shape index (κ2) is 8.89. The number of nitrogens with two attached hydrogens (primary N) is 1. The van der Waals surface area contributed by atoms with Gasteiger partial charge in [-0.1, -0.05) is 35.3 Å². The Morgan fingerprint density at radius 3 is 2.41 bits per heavy atom.